The molecular formula is C24H41NO10S. The topological polar surface area (TPSA) is 119 Å². The molecular weight excluding hydrogens is 494 g/mol. The van der Waals surface area contributed by atoms with Gasteiger partial charge in [-0.3, -0.25) is 4.18 Å². The first-order chi connectivity index (χ1) is 17.1. The molecule has 1 aromatic carbocycles. The molecule has 1 rings (SSSR count). The second-order valence-corrected chi connectivity index (χ2v) is 10.2. The Bertz CT molecular complexity index is 799. The second-order valence-electron chi connectivity index (χ2n) is 8.55. The minimum atomic E-state index is -3.75. The van der Waals surface area contributed by atoms with Gasteiger partial charge in [0.15, 0.2) is 0 Å². The second kappa shape index (κ2) is 18.4. The summed E-state index contributed by atoms with van der Waals surface area (Å²) >= 11 is 0. The highest BCUT2D eigenvalue weighted by Crippen LogP contribution is 2.11. The van der Waals surface area contributed by atoms with Gasteiger partial charge in [-0.15, -0.1) is 0 Å². The number of likely N-dealkylation sites (N-methyl/N-ethyl adjacent to an activating group) is 1. The average molecular weight is 536 g/mol. The lowest BCUT2D eigenvalue weighted by Crippen LogP contribution is -2.36. The van der Waals surface area contributed by atoms with Crippen LogP contribution in [0.2, 0.25) is 0 Å². The summed E-state index contributed by atoms with van der Waals surface area (Å²) in [6.07, 6.45) is -0.377. The van der Waals surface area contributed by atoms with Gasteiger partial charge in [-0.05, 0) is 32.9 Å². The van der Waals surface area contributed by atoms with E-state index in [1.54, 1.807) is 25.2 Å². The van der Waals surface area contributed by atoms with Crippen LogP contribution in [-0.2, 0) is 42.7 Å². The summed E-state index contributed by atoms with van der Waals surface area (Å²) in [6, 6.07) is 7.96. The first-order valence-electron chi connectivity index (χ1n) is 11.9. The standard InChI is InChI=1S/C24H41NO10S/c1-24(2,3)35-23(26)25(4)10-11-29-12-13-30-14-15-31-16-17-32-18-19-33-20-21-34-36(27,28)22-8-6-5-7-9-22/h5-9H,10-21H2,1-4H3. The quantitative estimate of drug-likeness (QED) is 0.182. The molecule has 0 heterocycles. The number of nitrogens with zero attached hydrogens (tertiary/aromatic N) is 1. The Morgan fingerprint density at radius 2 is 1.14 bits per heavy atom. The lowest BCUT2D eigenvalue weighted by Gasteiger charge is -2.24. The summed E-state index contributed by atoms with van der Waals surface area (Å²) in [5.41, 5.74) is -0.518. The molecule has 0 atom stereocenters. The molecule has 208 valence electrons. The van der Waals surface area contributed by atoms with Crippen LogP contribution in [0.1, 0.15) is 20.8 Å². The SMILES string of the molecule is CN(CCOCCOCCOCCOCCOCCOS(=O)(=O)c1ccccc1)C(=O)OC(C)(C)C. The maximum atomic E-state index is 11.9. The van der Waals surface area contributed by atoms with Gasteiger partial charge in [0.05, 0.1) is 77.6 Å². The van der Waals surface area contributed by atoms with E-state index in [1.165, 1.54) is 17.0 Å². The third-order valence-corrected chi connectivity index (χ3v) is 5.59. The van der Waals surface area contributed by atoms with Crippen molar-refractivity contribution >= 4 is 16.2 Å². The molecule has 0 aliphatic carbocycles. The lowest BCUT2D eigenvalue weighted by molar-refractivity contribution is -0.0143. The monoisotopic (exact) mass is 535 g/mol. The van der Waals surface area contributed by atoms with Crippen LogP contribution >= 0.6 is 0 Å². The third kappa shape index (κ3) is 16.8. The Labute approximate surface area is 215 Å². The van der Waals surface area contributed by atoms with Gasteiger partial charge in [0.25, 0.3) is 10.1 Å². The van der Waals surface area contributed by atoms with E-state index in [0.29, 0.717) is 66.0 Å². The smallest absolute Gasteiger partial charge is 0.410 e. The number of benzene rings is 1. The Morgan fingerprint density at radius 1 is 0.722 bits per heavy atom. The number of carbonyl (C=O) groups is 1. The van der Waals surface area contributed by atoms with Crippen molar-refractivity contribution in [1.82, 2.24) is 4.90 Å². The zero-order valence-electron chi connectivity index (χ0n) is 21.8. The van der Waals surface area contributed by atoms with Gasteiger partial charge in [0.1, 0.15) is 5.60 Å². The summed E-state index contributed by atoms with van der Waals surface area (Å²) in [4.78, 5) is 13.4. The van der Waals surface area contributed by atoms with Crippen LogP contribution in [0.4, 0.5) is 4.79 Å². The largest absolute Gasteiger partial charge is 0.444 e. The zero-order chi connectivity index (χ0) is 26.7. The lowest BCUT2D eigenvalue weighted by atomic mass is 10.2. The summed E-state index contributed by atoms with van der Waals surface area (Å²) in [5.74, 6) is 0. The number of carbonyl (C=O) groups excluding carboxylic acids is 1. The van der Waals surface area contributed by atoms with Crippen molar-refractivity contribution in [3.05, 3.63) is 30.3 Å². The minimum Gasteiger partial charge on any atom is -0.444 e. The molecule has 0 bridgehead atoms. The fourth-order valence-corrected chi connectivity index (χ4v) is 3.39. The average Bonchev–Trinajstić information content (AvgIpc) is 2.82. The fourth-order valence-electron chi connectivity index (χ4n) is 2.47. The molecule has 11 nitrogen and oxygen atoms in total. The van der Waals surface area contributed by atoms with Crippen molar-refractivity contribution in [3.8, 4) is 0 Å². The maximum absolute atomic E-state index is 11.9. The van der Waals surface area contributed by atoms with Crippen molar-refractivity contribution in [1.29, 1.82) is 0 Å². The van der Waals surface area contributed by atoms with Gasteiger partial charge in [0, 0.05) is 13.6 Å². The minimum absolute atomic E-state index is 0.0610. The van der Waals surface area contributed by atoms with Crippen molar-refractivity contribution in [3.63, 3.8) is 0 Å². The molecule has 1 amide bonds. The highest BCUT2D eigenvalue weighted by atomic mass is 32.2. The molecule has 0 unspecified atom stereocenters. The third-order valence-electron chi connectivity index (χ3n) is 4.26. The van der Waals surface area contributed by atoms with Crippen LogP contribution in [0.25, 0.3) is 0 Å². The maximum Gasteiger partial charge on any atom is 0.410 e. The molecule has 0 aliphatic rings. The number of amides is 1. The van der Waals surface area contributed by atoms with Crippen LogP contribution in [0.15, 0.2) is 35.2 Å². The summed E-state index contributed by atoms with van der Waals surface area (Å²) in [6.45, 7) is 9.66. The first kappa shape index (κ1) is 32.2. The predicted molar refractivity (Wildman–Crippen MR) is 133 cm³/mol. The van der Waals surface area contributed by atoms with Gasteiger partial charge < -0.3 is 33.3 Å². The van der Waals surface area contributed by atoms with E-state index in [4.69, 9.17) is 32.6 Å². The molecule has 1 aromatic rings. The van der Waals surface area contributed by atoms with E-state index < -0.39 is 15.7 Å². The Hall–Kier alpha value is -1.80. The fraction of sp³-hybridized carbons (Fsp3) is 0.708. The highest BCUT2D eigenvalue weighted by molar-refractivity contribution is 7.86. The van der Waals surface area contributed by atoms with Crippen LogP contribution in [0.3, 0.4) is 0 Å². The summed E-state index contributed by atoms with van der Waals surface area (Å²) in [5, 5.41) is 0. The molecule has 12 heteroatoms. The van der Waals surface area contributed by atoms with Gasteiger partial charge >= 0.3 is 6.09 Å². The first-order valence-corrected chi connectivity index (χ1v) is 13.3. The van der Waals surface area contributed by atoms with Crippen molar-refractivity contribution in [2.45, 2.75) is 31.3 Å². The zero-order valence-corrected chi connectivity index (χ0v) is 22.6. The van der Waals surface area contributed by atoms with Crippen LogP contribution in [0, 0.1) is 0 Å². The molecule has 0 spiro atoms. The van der Waals surface area contributed by atoms with Crippen molar-refractivity contribution in [2.75, 3.05) is 86.3 Å². The van der Waals surface area contributed by atoms with E-state index in [-0.39, 0.29) is 24.2 Å². The van der Waals surface area contributed by atoms with Crippen LogP contribution < -0.4 is 0 Å². The predicted octanol–water partition coefficient (Wildman–Crippen LogP) is 2.34. The van der Waals surface area contributed by atoms with Gasteiger partial charge in [-0.25, -0.2) is 4.79 Å². The normalized spacial score (nSPS) is 12.0. The van der Waals surface area contributed by atoms with E-state index in [2.05, 4.69) is 0 Å². The number of hydrogen-bond donors (Lipinski definition) is 0. The van der Waals surface area contributed by atoms with Gasteiger partial charge in [-0.2, -0.15) is 8.42 Å². The summed E-state index contributed by atoms with van der Waals surface area (Å²) < 4.78 is 61.0. The van der Waals surface area contributed by atoms with E-state index >= 15 is 0 Å². The van der Waals surface area contributed by atoms with E-state index in [1.807, 2.05) is 20.8 Å². The molecule has 0 fully saturated rings. The van der Waals surface area contributed by atoms with E-state index in [0.717, 1.165) is 0 Å². The highest BCUT2D eigenvalue weighted by Gasteiger charge is 2.19. The van der Waals surface area contributed by atoms with Crippen LogP contribution in [-0.4, -0.2) is 111 Å². The number of hydrogen-bond acceptors (Lipinski definition) is 10. The van der Waals surface area contributed by atoms with Crippen LogP contribution in [0.5, 0.6) is 0 Å². The van der Waals surface area contributed by atoms with E-state index in [9.17, 15) is 13.2 Å². The Morgan fingerprint density at radius 3 is 1.58 bits per heavy atom. The number of ether oxygens (including phenoxy) is 6. The Kier molecular flexibility index (Phi) is 16.5. The molecule has 0 saturated heterocycles. The molecule has 36 heavy (non-hydrogen) atoms. The Balaban J connectivity index is 1.82. The van der Waals surface area contributed by atoms with Crippen molar-refractivity contribution < 1.29 is 45.8 Å². The van der Waals surface area contributed by atoms with Gasteiger partial charge in [-0.1, -0.05) is 18.2 Å². The number of rotatable bonds is 20. The molecule has 0 radical (unpaired) electrons. The summed E-state index contributed by atoms with van der Waals surface area (Å²) in [7, 11) is -2.09. The van der Waals surface area contributed by atoms with Gasteiger partial charge in [0.2, 0.25) is 0 Å². The van der Waals surface area contributed by atoms with Crippen molar-refractivity contribution in [2.24, 2.45) is 0 Å². The molecule has 0 aromatic heterocycles. The molecule has 0 saturated carbocycles. The molecule has 0 N–H and O–H groups in total. The molecule has 0 aliphatic heterocycles.